The second kappa shape index (κ2) is 4.52. The predicted molar refractivity (Wildman–Crippen MR) is 59.8 cm³/mol. The summed E-state index contributed by atoms with van der Waals surface area (Å²) in [6, 6.07) is 6.24. The molecule has 76 valence electrons. The third kappa shape index (κ3) is 2.22. The van der Waals surface area contributed by atoms with E-state index in [2.05, 4.69) is 5.32 Å². The van der Waals surface area contributed by atoms with Gasteiger partial charge >= 0.3 is 0 Å². The molecule has 0 radical (unpaired) electrons. The molecule has 3 heteroatoms. The Kier molecular flexibility index (Phi) is 3.32. The molecule has 0 saturated carbocycles. The second-order valence-electron chi connectivity index (χ2n) is 3.79. The maximum absolute atomic E-state index is 6.15. The molecule has 1 atom stereocenters. The number of nitrogens with two attached hydrogens (primary N) is 1. The fourth-order valence-electron chi connectivity index (χ4n) is 2.03. The maximum Gasteiger partial charge on any atom is 0.113 e. The van der Waals surface area contributed by atoms with Crippen molar-refractivity contribution in [2.45, 2.75) is 25.3 Å². The van der Waals surface area contributed by atoms with Gasteiger partial charge in [-0.2, -0.15) is 0 Å². The van der Waals surface area contributed by atoms with E-state index in [1.165, 1.54) is 31.4 Å². The van der Waals surface area contributed by atoms with E-state index in [4.69, 9.17) is 23.2 Å². The average molecular weight is 231 g/mol. The Morgan fingerprint density at radius 3 is 2.79 bits per heavy atom. The van der Waals surface area contributed by atoms with Crippen LogP contribution in [0.3, 0.4) is 0 Å². The molecule has 0 spiro atoms. The smallest absolute Gasteiger partial charge is 0.113 e. The van der Waals surface area contributed by atoms with Gasteiger partial charge in [-0.1, -0.05) is 23.2 Å². The van der Waals surface area contributed by atoms with E-state index in [0.29, 0.717) is 6.04 Å². The second-order valence-corrected chi connectivity index (χ2v) is 4.64. The molecule has 14 heavy (non-hydrogen) atoms. The molecule has 0 unspecified atom stereocenters. The van der Waals surface area contributed by atoms with Crippen molar-refractivity contribution in [3.05, 3.63) is 33.8 Å². The first-order chi connectivity index (χ1) is 6.77. The molecule has 2 N–H and O–H groups in total. The van der Waals surface area contributed by atoms with Gasteiger partial charge in [0.1, 0.15) is 6.04 Å². The van der Waals surface area contributed by atoms with Crippen molar-refractivity contribution in [3.8, 4) is 0 Å². The lowest BCUT2D eigenvalue weighted by Gasteiger charge is -2.21. The molecule has 1 aliphatic rings. The van der Waals surface area contributed by atoms with Gasteiger partial charge in [0.05, 0.1) is 6.54 Å². The summed E-state index contributed by atoms with van der Waals surface area (Å²) in [7, 11) is 0. The van der Waals surface area contributed by atoms with Crippen LogP contribution in [0, 0.1) is 0 Å². The zero-order valence-electron chi connectivity index (χ0n) is 7.97. The lowest BCUT2D eigenvalue weighted by atomic mass is 9.97. The largest absolute Gasteiger partial charge is 0.340 e. The van der Waals surface area contributed by atoms with Gasteiger partial charge in [-0.25, -0.2) is 0 Å². The summed E-state index contributed by atoms with van der Waals surface area (Å²) in [5, 5.41) is 3.99. The van der Waals surface area contributed by atoms with Gasteiger partial charge in [0.25, 0.3) is 0 Å². The summed E-state index contributed by atoms with van der Waals surface area (Å²) in [5.74, 6) is 0. The number of hydrogen-bond acceptors (Lipinski definition) is 0. The molecule has 1 nitrogen and oxygen atoms in total. The summed E-state index contributed by atoms with van der Waals surface area (Å²) in [4.78, 5) is 0. The van der Waals surface area contributed by atoms with Crippen LogP contribution < -0.4 is 5.32 Å². The molecular formula is C11H14Cl2N+. The van der Waals surface area contributed by atoms with Crippen LogP contribution in [0.2, 0.25) is 10.0 Å². The molecule has 0 aliphatic carbocycles. The summed E-state index contributed by atoms with van der Waals surface area (Å²) in [6.07, 6.45) is 3.82. The van der Waals surface area contributed by atoms with E-state index in [9.17, 15) is 0 Å². The quantitative estimate of drug-likeness (QED) is 0.765. The van der Waals surface area contributed by atoms with Crippen LogP contribution in [-0.4, -0.2) is 6.54 Å². The molecule has 1 fully saturated rings. The minimum Gasteiger partial charge on any atom is -0.340 e. The zero-order valence-corrected chi connectivity index (χ0v) is 9.48. The van der Waals surface area contributed by atoms with E-state index < -0.39 is 0 Å². The number of rotatable bonds is 1. The number of quaternary nitrogens is 1. The van der Waals surface area contributed by atoms with E-state index in [0.717, 1.165) is 10.0 Å². The van der Waals surface area contributed by atoms with E-state index >= 15 is 0 Å². The average Bonchev–Trinajstić information content (AvgIpc) is 2.23. The molecule has 1 aromatic carbocycles. The Morgan fingerprint density at radius 1 is 1.21 bits per heavy atom. The Labute approximate surface area is 94.4 Å². The highest BCUT2D eigenvalue weighted by molar-refractivity contribution is 6.33. The van der Waals surface area contributed by atoms with E-state index in [-0.39, 0.29) is 0 Å². The number of piperidine rings is 1. The molecule has 0 amide bonds. The highest BCUT2D eigenvalue weighted by atomic mass is 35.5. The fourth-order valence-corrected chi connectivity index (χ4v) is 2.46. The number of hydrogen-bond donors (Lipinski definition) is 1. The van der Waals surface area contributed by atoms with Gasteiger partial charge in [0, 0.05) is 22.0 Å². The van der Waals surface area contributed by atoms with Gasteiger partial charge in [-0.3, -0.25) is 0 Å². The Morgan fingerprint density at radius 2 is 2.07 bits per heavy atom. The molecule has 0 aromatic heterocycles. The van der Waals surface area contributed by atoms with Crippen molar-refractivity contribution in [3.63, 3.8) is 0 Å². The molecule has 1 aliphatic heterocycles. The van der Waals surface area contributed by atoms with Crippen LogP contribution in [0.5, 0.6) is 0 Å². The lowest BCUT2D eigenvalue weighted by Crippen LogP contribution is -2.86. The number of benzene rings is 1. The van der Waals surface area contributed by atoms with Crippen LogP contribution in [0.1, 0.15) is 30.9 Å². The van der Waals surface area contributed by atoms with Crippen molar-refractivity contribution in [2.75, 3.05) is 6.54 Å². The van der Waals surface area contributed by atoms with Crippen LogP contribution in [-0.2, 0) is 0 Å². The molecule has 2 rings (SSSR count). The van der Waals surface area contributed by atoms with Crippen LogP contribution in [0.4, 0.5) is 0 Å². The first-order valence-corrected chi connectivity index (χ1v) is 5.81. The summed E-state index contributed by atoms with van der Waals surface area (Å²) in [5.41, 5.74) is 1.19. The fraction of sp³-hybridized carbons (Fsp3) is 0.455. The Hall–Kier alpha value is -0.240. The monoisotopic (exact) mass is 230 g/mol. The highest BCUT2D eigenvalue weighted by Crippen LogP contribution is 2.27. The van der Waals surface area contributed by atoms with Gasteiger partial charge < -0.3 is 5.32 Å². The van der Waals surface area contributed by atoms with Crippen LogP contribution in [0.25, 0.3) is 0 Å². The van der Waals surface area contributed by atoms with Crippen molar-refractivity contribution in [1.82, 2.24) is 0 Å². The topological polar surface area (TPSA) is 16.6 Å². The van der Waals surface area contributed by atoms with Crippen LogP contribution in [0.15, 0.2) is 18.2 Å². The first-order valence-electron chi connectivity index (χ1n) is 5.05. The summed E-state index contributed by atoms with van der Waals surface area (Å²) >= 11 is 12.1. The van der Waals surface area contributed by atoms with Crippen molar-refractivity contribution >= 4 is 23.2 Å². The molecule has 1 saturated heterocycles. The SMILES string of the molecule is Clc1ccc(Cl)c([C@@H]2CCCC[NH2+]2)c1. The Balaban J connectivity index is 2.24. The van der Waals surface area contributed by atoms with Crippen molar-refractivity contribution in [1.29, 1.82) is 0 Å². The van der Waals surface area contributed by atoms with Crippen molar-refractivity contribution < 1.29 is 5.32 Å². The molecule has 0 bridgehead atoms. The maximum atomic E-state index is 6.15. The first kappa shape index (κ1) is 10.3. The van der Waals surface area contributed by atoms with Crippen LogP contribution >= 0.6 is 23.2 Å². The minimum absolute atomic E-state index is 0.509. The number of halogens is 2. The summed E-state index contributed by atoms with van der Waals surface area (Å²) in [6.45, 7) is 1.20. The van der Waals surface area contributed by atoms with Gasteiger partial charge in [-0.05, 0) is 31.0 Å². The third-order valence-electron chi connectivity index (χ3n) is 2.78. The minimum atomic E-state index is 0.509. The normalized spacial score (nSPS) is 22.3. The van der Waals surface area contributed by atoms with Gasteiger partial charge in [0.15, 0.2) is 0 Å². The summed E-state index contributed by atoms with van der Waals surface area (Å²) < 4.78 is 0. The molecular weight excluding hydrogens is 217 g/mol. The van der Waals surface area contributed by atoms with E-state index in [1.54, 1.807) is 0 Å². The zero-order chi connectivity index (χ0) is 9.97. The Bertz CT molecular complexity index is 319. The van der Waals surface area contributed by atoms with Gasteiger partial charge in [0.2, 0.25) is 0 Å². The third-order valence-corrected chi connectivity index (χ3v) is 3.36. The van der Waals surface area contributed by atoms with E-state index in [1.807, 2.05) is 18.2 Å². The van der Waals surface area contributed by atoms with Gasteiger partial charge in [-0.15, -0.1) is 0 Å². The highest BCUT2D eigenvalue weighted by Gasteiger charge is 2.20. The standard InChI is InChI=1S/C11H13Cl2N/c12-8-4-5-10(13)9(7-8)11-3-1-2-6-14-11/h4-5,7,11,14H,1-3,6H2/p+1/t11-/m0/s1. The predicted octanol–water partition coefficient (Wildman–Crippen LogP) is 2.78. The molecule has 1 heterocycles. The van der Waals surface area contributed by atoms with Crippen molar-refractivity contribution in [2.24, 2.45) is 0 Å². The lowest BCUT2D eigenvalue weighted by molar-refractivity contribution is -0.704. The molecule has 1 aromatic rings.